The zero-order chi connectivity index (χ0) is 16.2. The van der Waals surface area contributed by atoms with Crippen LogP contribution in [0.15, 0.2) is 48.5 Å². The van der Waals surface area contributed by atoms with E-state index in [1.54, 1.807) is 18.2 Å². The number of phenols is 1. The number of aliphatic carboxylic acids is 1. The van der Waals surface area contributed by atoms with Crippen LogP contribution in [0, 0.1) is 5.92 Å². The van der Waals surface area contributed by atoms with Gasteiger partial charge in [0.2, 0.25) is 0 Å². The van der Waals surface area contributed by atoms with Gasteiger partial charge in [-0.15, -0.1) is 0 Å². The summed E-state index contributed by atoms with van der Waals surface area (Å²) in [7, 11) is 0. The molecule has 5 heteroatoms. The molecule has 0 radical (unpaired) electrons. The summed E-state index contributed by atoms with van der Waals surface area (Å²) in [5.41, 5.74) is 1.94. The van der Waals surface area contributed by atoms with Crippen molar-refractivity contribution in [2.24, 2.45) is 5.92 Å². The summed E-state index contributed by atoms with van der Waals surface area (Å²) in [5.74, 6) is -0.661. The van der Waals surface area contributed by atoms with Crippen molar-refractivity contribution in [1.82, 2.24) is 5.32 Å². The minimum Gasteiger partial charge on any atom is -0.504 e. The summed E-state index contributed by atoms with van der Waals surface area (Å²) >= 11 is 0. The Labute approximate surface area is 134 Å². The smallest absolute Gasteiger partial charge is 0.307 e. The van der Waals surface area contributed by atoms with Gasteiger partial charge in [0, 0.05) is 12.6 Å². The molecule has 0 aliphatic carbocycles. The van der Waals surface area contributed by atoms with Crippen molar-refractivity contribution in [2.45, 2.75) is 19.1 Å². The van der Waals surface area contributed by atoms with Gasteiger partial charge >= 0.3 is 5.97 Å². The van der Waals surface area contributed by atoms with Crippen LogP contribution in [0.1, 0.15) is 23.6 Å². The summed E-state index contributed by atoms with van der Waals surface area (Å²) in [5, 5.41) is 22.2. The van der Waals surface area contributed by atoms with E-state index in [2.05, 4.69) is 5.32 Å². The van der Waals surface area contributed by atoms with Crippen molar-refractivity contribution in [3.05, 3.63) is 59.7 Å². The second-order valence-corrected chi connectivity index (χ2v) is 5.73. The Morgan fingerprint density at radius 2 is 2.00 bits per heavy atom. The van der Waals surface area contributed by atoms with Gasteiger partial charge in [0.05, 0.1) is 5.92 Å². The summed E-state index contributed by atoms with van der Waals surface area (Å²) in [6.07, 6.45) is 0.540. The Balaban J connectivity index is 1.71. The number of carbonyl (C=O) groups is 1. The van der Waals surface area contributed by atoms with Crippen molar-refractivity contribution in [3.63, 3.8) is 0 Å². The molecule has 0 spiro atoms. The minimum absolute atomic E-state index is 0.0317. The zero-order valence-electron chi connectivity index (χ0n) is 12.6. The van der Waals surface area contributed by atoms with Crippen LogP contribution < -0.4 is 10.1 Å². The largest absolute Gasteiger partial charge is 0.504 e. The molecule has 2 atom stereocenters. The fourth-order valence-corrected chi connectivity index (χ4v) is 2.78. The lowest BCUT2D eigenvalue weighted by Gasteiger charge is -2.14. The number of rotatable bonds is 5. The molecule has 0 amide bonds. The molecule has 0 aromatic heterocycles. The van der Waals surface area contributed by atoms with Crippen LogP contribution in [0.5, 0.6) is 11.5 Å². The van der Waals surface area contributed by atoms with Gasteiger partial charge in [-0.1, -0.05) is 36.4 Å². The number of phenolic OH excluding ortho intramolecular Hbond substituents is 1. The molecule has 3 rings (SSSR count). The van der Waals surface area contributed by atoms with Crippen molar-refractivity contribution in [3.8, 4) is 11.5 Å². The molecule has 1 aliphatic rings. The lowest BCUT2D eigenvalue weighted by atomic mass is 10.00. The van der Waals surface area contributed by atoms with E-state index >= 15 is 0 Å². The standard InChI is InChI=1S/C18H19NO4/c20-16-7-6-13(15-8-14(10-19-15)18(21)22)9-17(16)23-11-12-4-2-1-3-5-12/h1-7,9,14-15,19-20H,8,10-11H2,(H,21,22). The van der Waals surface area contributed by atoms with Crippen molar-refractivity contribution in [2.75, 3.05) is 6.54 Å². The highest BCUT2D eigenvalue weighted by atomic mass is 16.5. The molecule has 0 saturated carbocycles. The third-order valence-electron chi connectivity index (χ3n) is 4.10. The molecule has 1 aliphatic heterocycles. The number of nitrogens with one attached hydrogen (secondary N) is 1. The first-order chi connectivity index (χ1) is 11.1. The normalized spacial score (nSPS) is 20.3. The van der Waals surface area contributed by atoms with Gasteiger partial charge in [-0.05, 0) is 29.7 Å². The maximum Gasteiger partial charge on any atom is 0.307 e. The van der Waals surface area contributed by atoms with Crippen LogP contribution in [0.4, 0.5) is 0 Å². The number of hydrogen-bond donors (Lipinski definition) is 3. The van der Waals surface area contributed by atoms with Crippen LogP contribution in [0.25, 0.3) is 0 Å². The first-order valence-corrected chi connectivity index (χ1v) is 7.59. The maximum absolute atomic E-state index is 11.1. The maximum atomic E-state index is 11.1. The Morgan fingerprint density at radius 1 is 1.22 bits per heavy atom. The Bertz CT molecular complexity index is 687. The molecule has 2 unspecified atom stereocenters. The highest BCUT2D eigenvalue weighted by Crippen LogP contribution is 2.34. The predicted octanol–water partition coefficient (Wildman–Crippen LogP) is 2.71. The predicted molar refractivity (Wildman–Crippen MR) is 85.4 cm³/mol. The summed E-state index contributed by atoms with van der Waals surface area (Å²) < 4.78 is 5.70. The monoisotopic (exact) mass is 313 g/mol. The Kier molecular flexibility index (Phi) is 4.48. The molecule has 3 N–H and O–H groups in total. The number of carboxylic acid groups (broad SMARTS) is 1. The number of hydrogen-bond acceptors (Lipinski definition) is 4. The quantitative estimate of drug-likeness (QED) is 0.791. The lowest BCUT2D eigenvalue weighted by Crippen LogP contribution is -2.17. The Morgan fingerprint density at radius 3 is 2.70 bits per heavy atom. The van der Waals surface area contributed by atoms with E-state index in [0.717, 1.165) is 11.1 Å². The van der Waals surface area contributed by atoms with Crippen LogP contribution >= 0.6 is 0 Å². The van der Waals surface area contributed by atoms with Gasteiger partial charge in [-0.3, -0.25) is 4.79 Å². The average Bonchev–Trinajstić information content (AvgIpc) is 3.05. The second kappa shape index (κ2) is 6.71. The van der Waals surface area contributed by atoms with Crippen LogP contribution in [0.3, 0.4) is 0 Å². The minimum atomic E-state index is -0.778. The van der Waals surface area contributed by atoms with Gasteiger partial charge in [-0.25, -0.2) is 0 Å². The fraction of sp³-hybridized carbons (Fsp3) is 0.278. The fourth-order valence-electron chi connectivity index (χ4n) is 2.78. The molecule has 2 aromatic rings. The molecular formula is C18H19NO4. The van der Waals surface area contributed by atoms with E-state index in [1.807, 2.05) is 30.3 Å². The van der Waals surface area contributed by atoms with E-state index in [9.17, 15) is 9.90 Å². The van der Waals surface area contributed by atoms with Crippen LogP contribution in [-0.4, -0.2) is 22.7 Å². The highest BCUT2D eigenvalue weighted by Gasteiger charge is 2.30. The summed E-state index contributed by atoms with van der Waals surface area (Å²) in [6.45, 7) is 0.828. The first-order valence-electron chi connectivity index (χ1n) is 7.59. The zero-order valence-corrected chi connectivity index (χ0v) is 12.6. The van der Waals surface area contributed by atoms with Crippen LogP contribution in [-0.2, 0) is 11.4 Å². The van der Waals surface area contributed by atoms with Crippen molar-refractivity contribution in [1.29, 1.82) is 0 Å². The van der Waals surface area contributed by atoms with Gasteiger partial charge in [0.1, 0.15) is 6.61 Å². The molecular weight excluding hydrogens is 294 g/mol. The SMILES string of the molecule is O=C(O)C1CNC(c2ccc(O)c(OCc3ccccc3)c2)C1. The van der Waals surface area contributed by atoms with Gasteiger partial charge in [0.15, 0.2) is 11.5 Å². The number of aromatic hydroxyl groups is 1. The number of ether oxygens (including phenoxy) is 1. The number of benzene rings is 2. The van der Waals surface area contributed by atoms with E-state index in [1.165, 1.54) is 0 Å². The van der Waals surface area contributed by atoms with E-state index in [0.29, 0.717) is 25.3 Å². The third-order valence-corrected chi connectivity index (χ3v) is 4.10. The molecule has 2 aromatic carbocycles. The van der Waals surface area contributed by atoms with Crippen LogP contribution in [0.2, 0.25) is 0 Å². The molecule has 120 valence electrons. The van der Waals surface area contributed by atoms with E-state index in [4.69, 9.17) is 9.84 Å². The molecule has 23 heavy (non-hydrogen) atoms. The van der Waals surface area contributed by atoms with Gasteiger partial charge in [-0.2, -0.15) is 0 Å². The Hall–Kier alpha value is -2.53. The summed E-state index contributed by atoms with van der Waals surface area (Å²) in [4.78, 5) is 11.1. The number of carboxylic acids is 1. The van der Waals surface area contributed by atoms with E-state index < -0.39 is 5.97 Å². The second-order valence-electron chi connectivity index (χ2n) is 5.73. The van der Waals surface area contributed by atoms with Gasteiger partial charge < -0.3 is 20.3 Å². The molecule has 5 nitrogen and oxygen atoms in total. The molecule has 1 saturated heterocycles. The summed E-state index contributed by atoms with van der Waals surface area (Å²) in [6, 6.07) is 14.8. The van der Waals surface area contributed by atoms with Crippen molar-refractivity contribution >= 4 is 5.97 Å². The highest BCUT2D eigenvalue weighted by molar-refractivity contribution is 5.70. The van der Waals surface area contributed by atoms with Gasteiger partial charge in [0.25, 0.3) is 0 Å². The molecule has 1 heterocycles. The first kappa shape index (κ1) is 15.4. The lowest BCUT2D eigenvalue weighted by molar-refractivity contribution is -0.141. The van der Waals surface area contributed by atoms with Crippen molar-refractivity contribution < 1.29 is 19.7 Å². The average molecular weight is 313 g/mol. The molecule has 1 fully saturated rings. The molecule has 0 bridgehead atoms. The topological polar surface area (TPSA) is 78.8 Å². The third kappa shape index (κ3) is 3.63. The van der Waals surface area contributed by atoms with E-state index in [-0.39, 0.29) is 17.7 Å².